The first-order valence-corrected chi connectivity index (χ1v) is 9.27. The molecule has 8 heteroatoms. The van der Waals surface area contributed by atoms with Gasteiger partial charge in [0.1, 0.15) is 23.4 Å². The number of anilines is 1. The Bertz CT molecular complexity index is 960. The highest BCUT2D eigenvalue weighted by molar-refractivity contribution is 5.65. The molecule has 0 saturated carbocycles. The lowest BCUT2D eigenvalue weighted by Gasteiger charge is -2.44. The van der Waals surface area contributed by atoms with Crippen molar-refractivity contribution in [3.63, 3.8) is 0 Å². The zero-order valence-corrected chi connectivity index (χ0v) is 15.3. The largest absolute Gasteiger partial charge is 0.339 e. The molecule has 0 aliphatic carbocycles. The standard InChI is InChI=1S/C18H22N8/c1-4-13-6-7-18(5-2)16-23-22-12(3)25(16)14-10-20-17(21-15(14)26(13)18)24-9-8-19-11-24/h8-11,13H,4-7H2,1-3H3/t13-,18+/m1/s1. The molecule has 0 aromatic carbocycles. The van der Waals surface area contributed by atoms with Crippen molar-refractivity contribution < 1.29 is 0 Å². The fourth-order valence-corrected chi connectivity index (χ4v) is 4.64. The molecule has 2 aliphatic heterocycles. The predicted molar refractivity (Wildman–Crippen MR) is 96.6 cm³/mol. The van der Waals surface area contributed by atoms with Gasteiger partial charge in [-0.25, -0.2) is 9.97 Å². The lowest BCUT2D eigenvalue weighted by Crippen LogP contribution is -2.50. The Morgan fingerprint density at radius 3 is 2.88 bits per heavy atom. The third-order valence-corrected chi connectivity index (χ3v) is 5.96. The van der Waals surface area contributed by atoms with Gasteiger partial charge >= 0.3 is 0 Å². The number of rotatable bonds is 3. The van der Waals surface area contributed by atoms with E-state index < -0.39 is 0 Å². The van der Waals surface area contributed by atoms with E-state index in [1.807, 2.05) is 23.9 Å². The molecular formula is C18H22N8. The summed E-state index contributed by atoms with van der Waals surface area (Å²) >= 11 is 0. The van der Waals surface area contributed by atoms with Gasteiger partial charge in [0.2, 0.25) is 5.95 Å². The number of nitrogens with zero attached hydrogens (tertiary/aromatic N) is 8. The first kappa shape index (κ1) is 15.5. The molecule has 3 aromatic rings. The van der Waals surface area contributed by atoms with Crippen LogP contribution in [0.1, 0.15) is 51.2 Å². The maximum atomic E-state index is 4.97. The van der Waals surface area contributed by atoms with Crippen molar-refractivity contribution in [1.29, 1.82) is 0 Å². The summed E-state index contributed by atoms with van der Waals surface area (Å²) in [5.41, 5.74) is 0.825. The summed E-state index contributed by atoms with van der Waals surface area (Å²) < 4.78 is 3.99. The summed E-state index contributed by atoms with van der Waals surface area (Å²) in [7, 11) is 0. The molecule has 0 N–H and O–H groups in total. The quantitative estimate of drug-likeness (QED) is 0.722. The highest BCUT2D eigenvalue weighted by Gasteiger charge is 2.53. The van der Waals surface area contributed by atoms with Gasteiger partial charge in [0.05, 0.1) is 6.20 Å². The van der Waals surface area contributed by atoms with Gasteiger partial charge < -0.3 is 4.90 Å². The normalized spacial score (nSPS) is 23.7. The molecule has 5 rings (SSSR count). The lowest BCUT2D eigenvalue weighted by molar-refractivity contribution is 0.370. The minimum absolute atomic E-state index is 0.143. The van der Waals surface area contributed by atoms with Crippen molar-refractivity contribution in [2.75, 3.05) is 4.90 Å². The molecule has 134 valence electrons. The molecule has 1 saturated heterocycles. The molecular weight excluding hydrogens is 328 g/mol. The Hall–Kier alpha value is -2.77. The number of fused-ring (bicyclic) bond motifs is 6. The van der Waals surface area contributed by atoms with Crippen molar-refractivity contribution in [1.82, 2.24) is 34.3 Å². The van der Waals surface area contributed by atoms with E-state index in [0.29, 0.717) is 12.0 Å². The molecule has 0 bridgehead atoms. The second kappa shape index (κ2) is 5.36. The van der Waals surface area contributed by atoms with Gasteiger partial charge in [0.25, 0.3) is 0 Å². The van der Waals surface area contributed by atoms with Crippen LogP contribution in [0, 0.1) is 6.92 Å². The average Bonchev–Trinajstić information content (AvgIpc) is 3.40. The molecule has 2 atom stereocenters. The number of aryl methyl sites for hydroxylation is 1. The van der Waals surface area contributed by atoms with Crippen LogP contribution >= 0.6 is 0 Å². The van der Waals surface area contributed by atoms with Crippen molar-refractivity contribution in [3.05, 3.63) is 36.6 Å². The Kier molecular flexibility index (Phi) is 3.19. The van der Waals surface area contributed by atoms with E-state index in [1.165, 1.54) is 0 Å². The molecule has 0 unspecified atom stereocenters. The van der Waals surface area contributed by atoms with E-state index in [4.69, 9.17) is 4.98 Å². The van der Waals surface area contributed by atoms with Crippen molar-refractivity contribution in [2.24, 2.45) is 0 Å². The van der Waals surface area contributed by atoms with Gasteiger partial charge in [-0.1, -0.05) is 13.8 Å². The summed E-state index contributed by atoms with van der Waals surface area (Å²) in [5, 5.41) is 8.97. The van der Waals surface area contributed by atoms with Crippen LogP contribution in [-0.2, 0) is 5.54 Å². The number of aromatic nitrogens is 7. The minimum Gasteiger partial charge on any atom is -0.339 e. The molecule has 26 heavy (non-hydrogen) atoms. The number of imidazole rings is 1. The van der Waals surface area contributed by atoms with E-state index >= 15 is 0 Å². The summed E-state index contributed by atoms with van der Waals surface area (Å²) in [4.78, 5) is 16.2. The van der Waals surface area contributed by atoms with E-state index in [9.17, 15) is 0 Å². The van der Waals surface area contributed by atoms with E-state index in [1.54, 1.807) is 12.5 Å². The Labute approximate surface area is 151 Å². The van der Waals surface area contributed by atoms with E-state index in [0.717, 1.165) is 48.8 Å². The molecule has 2 aliphatic rings. The molecule has 8 nitrogen and oxygen atoms in total. The maximum absolute atomic E-state index is 4.97. The van der Waals surface area contributed by atoms with Gasteiger partial charge in [-0.3, -0.25) is 9.13 Å². The minimum atomic E-state index is -0.143. The maximum Gasteiger partial charge on any atom is 0.236 e. The van der Waals surface area contributed by atoms with Gasteiger partial charge in [0.15, 0.2) is 11.6 Å². The zero-order chi connectivity index (χ0) is 17.9. The fraction of sp³-hybridized carbons (Fsp3) is 0.500. The van der Waals surface area contributed by atoms with Crippen LogP contribution in [0.4, 0.5) is 5.82 Å². The summed E-state index contributed by atoms with van der Waals surface area (Å²) in [6, 6.07) is 0.449. The Morgan fingerprint density at radius 1 is 1.27 bits per heavy atom. The summed E-state index contributed by atoms with van der Waals surface area (Å²) in [5.74, 6) is 3.53. The van der Waals surface area contributed by atoms with Crippen molar-refractivity contribution in [2.45, 2.75) is 58.0 Å². The summed E-state index contributed by atoms with van der Waals surface area (Å²) in [6.45, 7) is 6.48. The number of hydrogen-bond donors (Lipinski definition) is 0. The van der Waals surface area contributed by atoms with Crippen LogP contribution in [0.5, 0.6) is 0 Å². The second-order valence-corrected chi connectivity index (χ2v) is 7.11. The molecule has 5 heterocycles. The highest BCUT2D eigenvalue weighted by atomic mass is 15.4. The molecule has 0 amide bonds. The topological polar surface area (TPSA) is 77.5 Å². The van der Waals surface area contributed by atoms with E-state index in [-0.39, 0.29) is 5.54 Å². The number of hydrogen-bond acceptors (Lipinski definition) is 6. The molecule has 3 aromatic heterocycles. The van der Waals surface area contributed by atoms with Crippen LogP contribution in [0.3, 0.4) is 0 Å². The van der Waals surface area contributed by atoms with Crippen LogP contribution in [0.25, 0.3) is 11.6 Å². The molecule has 0 spiro atoms. The van der Waals surface area contributed by atoms with Gasteiger partial charge in [0, 0.05) is 18.4 Å². The second-order valence-electron chi connectivity index (χ2n) is 7.11. The summed E-state index contributed by atoms with van der Waals surface area (Å²) in [6.07, 6.45) is 11.5. The van der Waals surface area contributed by atoms with Crippen LogP contribution < -0.4 is 4.90 Å². The lowest BCUT2D eigenvalue weighted by atomic mass is 9.90. The highest BCUT2D eigenvalue weighted by Crippen LogP contribution is 2.52. The monoisotopic (exact) mass is 350 g/mol. The van der Waals surface area contributed by atoms with Crippen LogP contribution in [0.15, 0.2) is 24.9 Å². The third kappa shape index (κ3) is 1.81. The third-order valence-electron chi connectivity index (χ3n) is 5.96. The zero-order valence-electron chi connectivity index (χ0n) is 15.3. The molecule has 1 fully saturated rings. The van der Waals surface area contributed by atoms with Crippen molar-refractivity contribution in [3.8, 4) is 11.6 Å². The smallest absolute Gasteiger partial charge is 0.236 e. The predicted octanol–water partition coefficient (Wildman–Crippen LogP) is 2.55. The van der Waals surface area contributed by atoms with E-state index in [2.05, 4.69) is 43.5 Å². The fourth-order valence-electron chi connectivity index (χ4n) is 4.64. The molecule has 0 radical (unpaired) electrons. The first-order chi connectivity index (χ1) is 12.7. The SMILES string of the molecule is CC[C@@H]1CC[C@@]2(CC)c3nnc(C)n3-c3cnc(-n4ccnc4)nc3N12. The first-order valence-electron chi connectivity index (χ1n) is 9.27. The van der Waals surface area contributed by atoms with Gasteiger partial charge in [-0.05, 0) is 32.6 Å². The van der Waals surface area contributed by atoms with Crippen LogP contribution in [0.2, 0.25) is 0 Å². The average molecular weight is 350 g/mol. The Balaban J connectivity index is 1.80. The van der Waals surface area contributed by atoms with Crippen molar-refractivity contribution >= 4 is 5.82 Å². The van der Waals surface area contributed by atoms with Gasteiger partial charge in [-0.2, -0.15) is 4.98 Å². The van der Waals surface area contributed by atoms with Crippen LogP contribution in [-0.4, -0.2) is 40.3 Å². The van der Waals surface area contributed by atoms with Gasteiger partial charge in [-0.15, -0.1) is 10.2 Å². The Morgan fingerprint density at radius 2 is 2.15 bits per heavy atom.